The summed E-state index contributed by atoms with van der Waals surface area (Å²) in [4.78, 5) is 9.24. The Balaban J connectivity index is 2.41. The van der Waals surface area contributed by atoms with Gasteiger partial charge in [-0.15, -0.1) is 0 Å². The number of halogens is 1. The SMILES string of the molecule is CCCNc1nc(-c2cnn(CC)c2)nc(COC)c1I. The van der Waals surface area contributed by atoms with Crippen molar-refractivity contribution in [3.63, 3.8) is 0 Å². The summed E-state index contributed by atoms with van der Waals surface area (Å²) in [5.41, 5.74) is 1.82. The van der Waals surface area contributed by atoms with E-state index in [1.807, 2.05) is 10.9 Å². The Morgan fingerprint density at radius 3 is 2.76 bits per heavy atom. The van der Waals surface area contributed by atoms with Crippen molar-refractivity contribution < 1.29 is 4.74 Å². The van der Waals surface area contributed by atoms with E-state index in [-0.39, 0.29) is 0 Å². The van der Waals surface area contributed by atoms with Gasteiger partial charge in [-0.25, -0.2) is 9.97 Å². The number of rotatable bonds is 7. The van der Waals surface area contributed by atoms with Crippen LogP contribution in [0.1, 0.15) is 26.0 Å². The lowest BCUT2D eigenvalue weighted by atomic mass is 10.3. The summed E-state index contributed by atoms with van der Waals surface area (Å²) >= 11 is 2.26. The van der Waals surface area contributed by atoms with Crippen LogP contribution in [0.4, 0.5) is 5.82 Å². The maximum Gasteiger partial charge on any atom is 0.165 e. The van der Waals surface area contributed by atoms with Crippen LogP contribution < -0.4 is 5.32 Å². The van der Waals surface area contributed by atoms with Crippen LogP contribution in [-0.4, -0.2) is 33.4 Å². The molecular weight excluding hydrogens is 381 g/mol. The Labute approximate surface area is 138 Å². The highest BCUT2D eigenvalue weighted by atomic mass is 127. The Morgan fingerprint density at radius 2 is 2.14 bits per heavy atom. The molecule has 21 heavy (non-hydrogen) atoms. The van der Waals surface area contributed by atoms with Crippen molar-refractivity contribution in [3.05, 3.63) is 21.7 Å². The number of methoxy groups -OCH3 is 1. The van der Waals surface area contributed by atoms with Crippen LogP contribution in [0.15, 0.2) is 12.4 Å². The third kappa shape index (κ3) is 3.91. The van der Waals surface area contributed by atoms with Crippen molar-refractivity contribution in [2.24, 2.45) is 0 Å². The van der Waals surface area contributed by atoms with Gasteiger partial charge in [0, 0.05) is 26.4 Å². The predicted octanol–water partition coefficient (Wildman–Crippen LogP) is 2.93. The summed E-state index contributed by atoms with van der Waals surface area (Å²) in [6.45, 7) is 6.36. The Hall–Kier alpha value is -1.22. The van der Waals surface area contributed by atoms with E-state index >= 15 is 0 Å². The first-order chi connectivity index (χ1) is 10.2. The molecular formula is C14H20IN5O. The molecule has 0 fully saturated rings. The fourth-order valence-electron chi connectivity index (χ4n) is 1.87. The normalized spacial score (nSPS) is 10.9. The standard InChI is InChI=1S/C14H20IN5O/c1-4-6-16-14-12(15)11(9-21-3)18-13(19-14)10-7-17-20(5-2)8-10/h7-8H,4-6,9H2,1-3H3,(H,16,18,19). The number of nitrogens with one attached hydrogen (secondary N) is 1. The minimum absolute atomic E-state index is 0.469. The maximum absolute atomic E-state index is 5.24. The molecule has 0 atom stereocenters. The smallest absolute Gasteiger partial charge is 0.165 e. The molecule has 0 unspecified atom stereocenters. The molecule has 7 heteroatoms. The van der Waals surface area contributed by atoms with Gasteiger partial charge in [-0.2, -0.15) is 5.10 Å². The largest absolute Gasteiger partial charge is 0.378 e. The van der Waals surface area contributed by atoms with E-state index in [4.69, 9.17) is 4.74 Å². The minimum atomic E-state index is 0.469. The molecule has 0 bridgehead atoms. The van der Waals surface area contributed by atoms with Crippen molar-refractivity contribution in [1.29, 1.82) is 0 Å². The van der Waals surface area contributed by atoms with Gasteiger partial charge in [0.2, 0.25) is 0 Å². The zero-order valence-electron chi connectivity index (χ0n) is 12.6. The Kier molecular flexibility index (Phi) is 5.92. The van der Waals surface area contributed by atoms with E-state index in [0.29, 0.717) is 12.4 Å². The molecule has 0 radical (unpaired) electrons. The van der Waals surface area contributed by atoms with E-state index in [1.54, 1.807) is 13.3 Å². The summed E-state index contributed by atoms with van der Waals surface area (Å²) < 4.78 is 8.12. The molecule has 0 aromatic carbocycles. The highest BCUT2D eigenvalue weighted by molar-refractivity contribution is 14.1. The lowest BCUT2D eigenvalue weighted by molar-refractivity contribution is 0.181. The number of hydrogen-bond acceptors (Lipinski definition) is 5. The molecule has 2 heterocycles. The number of anilines is 1. The second-order valence-corrected chi connectivity index (χ2v) is 5.68. The van der Waals surface area contributed by atoms with E-state index in [2.05, 4.69) is 56.8 Å². The molecule has 2 rings (SSSR count). The maximum atomic E-state index is 5.24. The first-order valence-electron chi connectivity index (χ1n) is 7.01. The molecule has 2 aromatic rings. The lowest BCUT2D eigenvalue weighted by Gasteiger charge is -2.11. The fourth-order valence-corrected chi connectivity index (χ4v) is 2.46. The van der Waals surface area contributed by atoms with Crippen LogP contribution in [0, 0.1) is 3.57 Å². The van der Waals surface area contributed by atoms with Crippen molar-refractivity contribution in [1.82, 2.24) is 19.7 Å². The summed E-state index contributed by atoms with van der Waals surface area (Å²) in [5.74, 6) is 1.54. The Bertz CT molecular complexity index is 599. The molecule has 6 nitrogen and oxygen atoms in total. The third-order valence-electron chi connectivity index (χ3n) is 2.96. The predicted molar refractivity (Wildman–Crippen MR) is 91.1 cm³/mol. The number of hydrogen-bond donors (Lipinski definition) is 1. The van der Waals surface area contributed by atoms with Crippen molar-refractivity contribution >= 4 is 28.4 Å². The van der Waals surface area contributed by atoms with E-state index in [1.165, 1.54) is 0 Å². The van der Waals surface area contributed by atoms with Crippen LogP contribution in [0.5, 0.6) is 0 Å². The molecule has 0 saturated carbocycles. The summed E-state index contributed by atoms with van der Waals surface area (Å²) in [6.07, 6.45) is 4.80. The minimum Gasteiger partial charge on any atom is -0.378 e. The molecule has 0 aliphatic carbocycles. The van der Waals surface area contributed by atoms with Crippen LogP contribution in [0.25, 0.3) is 11.4 Å². The highest BCUT2D eigenvalue weighted by Crippen LogP contribution is 2.24. The zero-order chi connectivity index (χ0) is 15.2. The van der Waals surface area contributed by atoms with Gasteiger partial charge in [-0.3, -0.25) is 4.68 Å². The van der Waals surface area contributed by atoms with Crippen LogP contribution >= 0.6 is 22.6 Å². The quantitative estimate of drug-likeness (QED) is 0.723. The van der Waals surface area contributed by atoms with Gasteiger partial charge in [-0.05, 0) is 35.9 Å². The monoisotopic (exact) mass is 401 g/mol. The molecule has 114 valence electrons. The average molecular weight is 401 g/mol. The second-order valence-electron chi connectivity index (χ2n) is 4.60. The first kappa shape index (κ1) is 16.2. The summed E-state index contributed by atoms with van der Waals surface area (Å²) in [7, 11) is 1.67. The molecule has 0 spiro atoms. The van der Waals surface area contributed by atoms with Gasteiger partial charge in [0.15, 0.2) is 5.82 Å². The number of ether oxygens (including phenoxy) is 1. The van der Waals surface area contributed by atoms with Crippen LogP contribution in [0.2, 0.25) is 0 Å². The highest BCUT2D eigenvalue weighted by Gasteiger charge is 2.14. The van der Waals surface area contributed by atoms with Gasteiger partial charge in [0.1, 0.15) is 5.82 Å². The molecule has 0 amide bonds. The molecule has 0 saturated heterocycles. The fraction of sp³-hybridized carbons (Fsp3) is 0.500. The Morgan fingerprint density at radius 1 is 1.33 bits per heavy atom. The summed E-state index contributed by atoms with van der Waals surface area (Å²) in [6, 6.07) is 0. The van der Waals surface area contributed by atoms with Crippen molar-refractivity contribution in [2.45, 2.75) is 33.4 Å². The van der Waals surface area contributed by atoms with Gasteiger partial charge in [-0.1, -0.05) is 6.92 Å². The van der Waals surface area contributed by atoms with E-state index in [0.717, 1.165) is 40.2 Å². The van der Waals surface area contributed by atoms with Gasteiger partial charge in [0.05, 0.1) is 27.6 Å². The molecule has 1 N–H and O–H groups in total. The third-order valence-corrected chi connectivity index (χ3v) is 4.09. The van der Waals surface area contributed by atoms with Gasteiger partial charge in [0.25, 0.3) is 0 Å². The van der Waals surface area contributed by atoms with Crippen LogP contribution in [-0.2, 0) is 17.9 Å². The number of nitrogens with zero attached hydrogens (tertiary/aromatic N) is 4. The molecule has 0 aliphatic heterocycles. The van der Waals surface area contributed by atoms with Crippen molar-refractivity contribution in [3.8, 4) is 11.4 Å². The molecule has 2 aromatic heterocycles. The van der Waals surface area contributed by atoms with Crippen molar-refractivity contribution in [2.75, 3.05) is 19.0 Å². The average Bonchev–Trinajstić information content (AvgIpc) is 2.97. The van der Waals surface area contributed by atoms with Crippen LogP contribution in [0.3, 0.4) is 0 Å². The van der Waals surface area contributed by atoms with Gasteiger partial charge >= 0.3 is 0 Å². The lowest BCUT2D eigenvalue weighted by Crippen LogP contribution is -2.09. The first-order valence-corrected chi connectivity index (χ1v) is 8.09. The second kappa shape index (κ2) is 7.69. The van der Waals surface area contributed by atoms with E-state index < -0.39 is 0 Å². The molecule has 0 aliphatic rings. The number of aryl methyl sites for hydroxylation is 1. The topological polar surface area (TPSA) is 64.9 Å². The zero-order valence-corrected chi connectivity index (χ0v) is 14.7. The summed E-state index contributed by atoms with van der Waals surface area (Å²) in [5, 5.41) is 7.64. The number of aromatic nitrogens is 4. The van der Waals surface area contributed by atoms with E-state index in [9.17, 15) is 0 Å². The van der Waals surface area contributed by atoms with Gasteiger partial charge < -0.3 is 10.1 Å².